The summed E-state index contributed by atoms with van der Waals surface area (Å²) in [4.78, 5) is 12.9. The summed E-state index contributed by atoms with van der Waals surface area (Å²) in [5.74, 6) is -3.20. The molecule has 0 aromatic heterocycles. The second-order valence-electron chi connectivity index (χ2n) is 9.15. The number of esters is 1. The average Bonchev–Trinajstić information content (AvgIpc) is 3.35. The number of alkyl halides is 3. The lowest BCUT2D eigenvalue weighted by Crippen LogP contribution is -2.59. The molecule has 1 N–H and O–H groups in total. The van der Waals surface area contributed by atoms with Gasteiger partial charge in [-0.2, -0.15) is 21.6 Å². The second-order valence-corrected chi connectivity index (χ2v) is 10.6. The minimum Gasteiger partial charge on any atom is -0.448 e. The maximum atomic E-state index is 13.5. The van der Waals surface area contributed by atoms with Gasteiger partial charge in [0.1, 0.15) is 11.9 Å². The first-order chi connectivity index (χ1) is 13.4. The van der Waals surface area contributed by atoms with Crippen LogP contribution in [0.3, 0.4) is 0 Å². The van der Waals surface area contributed by atoms with Crippen molar-refractivity contribution in [3.05, 3.63) is 0 Å². The Morgan fingerprint density at radius 2 is 1.83 bits per heavy atom. The van der Waals surface area contributed by atoms with Crippen LogP contribution in [0, 0.1) is 29.6 Å². The molecule has 0 radical (unpaired) electrons. The summed E-state index contributed by atoms with van der Waals surface area (Å²) in [5.41, 5.74) is -3.31. The van der Waals surface area contributed by atoms with Crippen molar-refractivity contribution in [1.29, 1.82) is 0 Å². The van der Waals surface area contributed by atoms with Crippen LogP contribution in [0.15, 0.2) is 0 Å². The summed E-state index contributed by atoms with van der Waals surface area (Å²) >= 11 is 0. The van der Waals surface area contributed by atoms with E-state index in [1.54, 1.807) is 0 Å². The van der Waals surface area contributed by atoms with Crippen LogP contribution in [-0.4, -0.2) is 61.9 Å². The molecule has 11 heteroatoms. The summed E-state index contributed by atoms with van der Waals surface area (Å²) in [5, 5.41) is 0. The van der Waals surface area contributed by atoms with Crippen LogP contribution in [0.2, 0.25) is 0 Å². The van der Waals surface area contributed by atoms with Crippen molar-refractivity contribution < 1.29 is 45.1 Å². The van der Waals surface area contributed by atoms with Crippen molar-refractivity contribution in [2.45, 2.75) is 56.6 Å². The summed E-state index contributed by atoms with van der Waals surface area (Å²) in [7, 11) is -5.02. The average molecular weight is 442 g/mol. The van der Waals surface area contributed by atoms with Gasteiger partial charge in [0, 0.05) is 0 Å². The third-order valence-electron chi connectivity index (χ3n) is 6.87. The van der Waals surface area contributed by atoms with E-state index < -0.39 is 39.5 Å². The first-order valence-electron chi connectivity index (χ1n) is 9.84. The number of epoxide rings is 1. The Labute approximate surface area is 167 Å². The maximum Gasteiger partial charge on any atom is 0.429 e. The highest BCUT2D eigenvalue weighted by atomic mass is 32.2. The zero-order chi connectivity index (χ0) is 21.2. The van der Waals surface area contributed by atoms with Crippen LogP contribution in [-0.2, 0) is 29.1 Å². The predicted molar refractivity (Wildman–Crippen MR) is 92.4 cm³/mol. The van der Waals surface area contributed by atoms with Gasteiger partial charge in [0.2, 0.25) is 5.60 Å². The highest BCUT2D eigenvalue weighted by Crippen LogP contribution is 2.58. The Bertz CT molecular complexity index is 766. The molecule has 5 aliphatic rings. The number of halogens is 3. The van der Waals surface area contributed by atoms with Crippen LogP contribution >= 0.6 is 0 Å². The van der Waals surface area contributed by atoms with Gasteiger partial charge in [-0.15, -0.1) is 0 Å². The molecular formula is C18H25F3O7S. The van der Waals surface area contributed by atoms with Gasteiger partial charge in [0.05, 0.1) is 25.2 Å². The molecule has 8 atom stereocenters. The van der Waals surface area contributed by atoms with Crippen LogP contribution in [0.1, 0.15) is 32.6 Å². The van der Waals surface area contributed by atoms with E-state index in [1.165, 1.54) is 0 Å². The van der Waals surface area contributed by atoms with Crippen LogP contribution in [0.4, 0.5) is 13.2 Å². The molecule has 1 aliphatic heterocycles. The molecule has 5 fully saturated rings. The van der Waals surface area contributed by atoms with E-state index in [9.17, 15) is 26.4 Å². The molecule has 29 heavy (non-hydrogen) atoms. The van der Waals surface area contributed by atoms with E-state index in [1.807, 2.05) is 0 Å². The van der Waals surface area contributed by atoms with Crippen molar-refractivity contribution in [2.24, 2.45) is 29.6 Å². The molecule has 4 saturated carbocycles. The second kappa shape index (κ2) is 7.06. The number of hydrogen-bond donors (Lipinski definition) is 1. The first-order valence-corrected chi connectivity index (χ1v) is 11.4. The fourth-order valence-electron chi connectivity index (χ4n) is 5.67. The molecule has 1 saturated heterocycles. The highest BCUT2D eigenvalue weighted by molar-refractivity contribution is 7.85. The van der Waals surface area contributed by atoms with Crippen molar-refractivity contribution >= 4 is 16.1 Å². The van der Waals surface area contributed by atoms with E-state index in [4.69, 9.17) is 18.8 Å². The monoisotopic (exact) mass is 442 g/mol. The largest absolute Gasteiger partial charge is 0.448 e. The van der Waals surface area contributed by atoms with Crippen molar-refractivity contribution in [1.82, 2.24) is 0 Å². The van der Waals surface area contributed by atoms with E-state index in [0.717, 1.165) is 12.8 Å². The van der Waals surface area contributed by atoms with Gasteiger partial charge in [-0.1, -0.05) is 0 Å². The quantitative estimate of drug-likeness (QED) is 0.366. The summed E-state index contributed by atoms with van der Waals surface area (Å²) in [6.07, 6.45) is -2.22. The first kappa shape index (κ1) is 21.3. The lowest BCUT2D eigenvalue weighted by atomic mass is 9.50. The molecule has 4 bridgehead atoms. The minimum atomic E-state index is -5.15. The topological polar surface area (TPSA) is 102 Å². The summed E-state index contributed by atoms with van der Waals surface area (Å²) in [6.45, 7) is 1.50. The molecule has 0 aromatic carbocycles. The van der Waals surface area contributed by atoms with E-state index in [2.05, 4.69) is 0 Å². The van der Waals surface area contributed by atoms with Crippen LogP contribution in [0.5, 0.6) is 0 Å². The summed E-state index contributed by atoms with van der Waals surface area (Å²) < 4.78 is 87.8. The van der Waals surface area contributed by atoms with Gasteiger partial charge < -0.3 is 14.2 Å². The SMILES string of the molecule is CC(CS(=O)(=O)O)(OC(=O)C1C2CC3CC(C2)C(OCC2CO2)C1C3)C(F)(F)F. The van der Waals surface area contributed by atoms with Crippen LogP contribution in [0.25, 0.3) is 0 Å². The Balaban J connectivity index is 1.53. The minimum absolute atomic E-state index is 0.0425. The Hall–Kier alpha value is -0.910. The van der Waals surface area contributed by atoms with E-state index >= 15 is 0 Å². The molecule has 8 unspecified atom stereocenters. The molecule has 1 heterocycles. The third kappa shape index (κ3) is 4.28. The maximum absolute atomic E-state index is 13.5. The van der Waals surface area contributed by atoms with Gasteiger partial charge in [0.25, 0.3) is 10.1 Å². The smallest absolute Gasteiger partial charge is 0.429 e. The van der Waals surface area contributed by atoms with Crippen molar-refractivity contribution in [3.63, 3.8) is 0 Å². The molecule has 0 spiro atoms. The number of carbonyl (C=O) groups excluding carboxylic acids is 1. The molecule has 4 aliphatic carbocycles. The number of carbonyl (C=O) groups is 1. The predicted octanol–water partition coefficient (Wildman–Crippen LogP) is 2.20. The third-order valence-corrected chi connectivity index (χ3v) is 7.79. The normalized spacial score (nSPS) is 40.5. The molecule has 5 rings (SSSR count). The molecular weight excluding hydrogens is 417 g/mol. The number of hydrogen-bond acceptors (Lipinski definition) is 6. The van der Waals surface area contributed by atoms with Gasteiger partial charge in [-0.05, 0) is 56.3 Å². The van der Waals surface area contributed by atoms with Gasteiger partial charge >= 0.3 is 12.1 Å². The van der Waals surface area contributed by atoms with Gasteiger partial charge in [-0.3, -0.25) is 9.35 Å². The molecule has 7 nitrogen and oxygen atoms in total. The molecule has 0 amide bonds. The zero-order valence-electron chi connectivity index (χ0n) is 15.9. The fraction of sp³-hybridized carbons (Fsp3) is 0.944. The van der Waals surface area contributed by atoms with E-state index in [0.29, 0.717) is 38.9 Å². The van der Waals surface area contributed by atoms with Crippen molar-refractivity contribution in [2.75, 3.05) is 19.0 Å². The summed E-state index contributed by atoms with van der Waals surface area (Å²) in [6, 6.07) is 0. The Kier molecular flexibility index (Phi) is 5.20. The zero-order valence-corrected chi connectivity index (χ0v) is 16.7. The van der Waals surface area contributed by atoms with Crippen LogP contribution < -0.4 is 0 Å². The number of ether oxygens (including phenoxy) is 3. The highest BCUT2D eigenvalue weighted by Gasteiger charge is 2.61. The Morgan fingerprint density at radius 3 is 2.41 bits per heavy atom. The lowest BCUT2D eigenvalue weighted by molar-refractivity contribution is -0.263. The van der Waals surface area contributed by atoms with Gasteiger partial charge in [0.15, 0.2) is 0 Å². The molecule has 0 aromatic rings. The number of rotatable bonds is 7. The fourth-order valence-corrected chi connectivity index (χ4v) is 6.59. The Morgan fingerprint density at radius 1 is 1.17 bits per heavy atom. The molecule has 166 valence electrons. The van der Waals surface area contributed by atoms with E-state index in [-0.39, 0.29) is 30.0 Å². The lowest BCUT2D eigenvalue weighted by Gasteiger charge is -2.57. The van der Waals surface area contributed by atoms with Crippen molar-refractivity contribution in [3.8, 4) is 0 Å². The standard InChI is InChI=1S/C18H25F3O7S/c1-17(18(19,20)21,8-29(23,24)25)28-16(22)14-10-2-9-3-11(5-10)15(13(14)4-9)27-7-12-6-26-12/h9-15H,2-8H2,1H3,(H,23,24,25). The van der Waals surface area contributed by atoms with Gasteiger partial charge in [-0.25, -0.2) is 0 Å².